The number of rotatable bonds is 0. The number of phenols is 1. The minimum absolute atomic E-state index is 0.564. The van der Waals surface area contributed by atoms with Gasteiger partial charge in [0.25, 0.3) is 0 Å². The third kappa shape index (κ3) is 2.74. The fourth-order valence-corrected chi connectivity index (χ4v) is 0.949. The molecule has 1 rings (SSSR count). The Morgan fingerprint density at radius 1 is 1.13 bits per heavy atom. The Morgan fingerprint density at radius 2 is 1.73 bits per heavy atom. The molecule has 84 valence electrons. The van der Waals surface area contributed by atoms with Crippen LogP contribution in [0.1, 0.15) is 77.0 Å². The first kappa shape index (κ1) is 2.32. The van der Waals surface area contributed by atoms with E-state index < -0.39 is 80.1 Å². The van der Waals surface area contributed by atoms with Gasteiger partial charge >= 0.3 is 0 Å². The molecule has 0 saturated carbocycles. The molecule has 0 heterocycles. The van der Waals surface area contributed by atoms with Gasteiger partial charge in [0.2, 0.25) is 0 Å². The molecule has 15 heavy (non-hydrogen) atoms. The van der Waals surface area contributed by atoms with E-state index in [0.29, 0.717) is 6.92 Å². The number of phenolic OH excluding ortho intramolecular Hbond substituents is 1. The summed E-state index contributed by atoms with van der Waals surface area (Å²) >= 11 is 0. The first-order valence-corrected chi connectivity index (χ1v) is 3.97. The van der Waals surface area contributed by atoms with Crippen LogP contribution in [-0.4, -0.2) is 5.11 Å². The van der Waals surface area contributed by atoms with Gasteiger partial charge in [-0.05, 0) is 28.0 Å². The Labute approximate surface area is 118 Å². The van der Waals surface area contributed by atoms with Crippen molar-refractivity contribution in [2.24, 2.45) is 0 Å². The smallest absolute Gasteiger partial charge is 0.119 e. The van der Waals surface area contributed by atoms with Crippen LogP contribution >= 0.6 is 0 Å². The molecule has 1 heteroatoms. The highest BCUT2D eigenvalue weighted by atomic mass is 16.3. The molecule has 1 aromatic carbocycles. The second-order valence-electron chi connectivity index (χ2n) is 3.35. The molecular formula is C14H22O. The molecule has 1 nitrogen and oxygen atoms in total. The first-order valence-electron chi connectivity index (χ1n) is 13.0. The maximum absolute atomic E-state index is 10.5. The lowest BCUT2D eigenvalue weighted by atomic mass is 9.80. The normalized spacial score (nSPS) is 34.7. The quantitative estimate of drug-likeness (QED) is 0.706. The summed E-state index contributed by atoms with van der Waals surface area (Å²) in [6.45, 7) is -18.5. The third-order valence-electron chi connectivity index (χ3n) is 1.67. The minimum Gasteiger partial charge on any atom is -0.508 e. The van der Waals surface area contributed by atoms with E-state index in [-0.39, 0.29) is 0 Å². The van der Waals surface area contributed by atoms with Gasteiger partial charge in [0, 0.05) is 20.6 Å². The van der Waals surface area contributed by atoms with E-state index in [1.54, 1.807) is 0 Å². The summed E-state index contributed by atoms with van der Waals surface area (Å²) in [6, 6.07) is -4.47. The molecule has 0 atom stereocenters. The predicted molar refractivity (Wildman–Crippen MR) is 65.5 cm³/mol. The van der Waals surface area contributed by atoms with Crippen molar-refractivity contribution in [1.82, 2.24) is 0 Å². The maximum Gasteiger partial charge on any atom is 0.119 e. The van der Waals surface area contributed by atoms with Gasteiger partial charge in [0.1, 0.15) is 5.75 Å². The number of hydrogen-bond acceptors (Lipinski definition) is 1. The summed E-state index contributed by atoms with van der Waals surface area (Å²) in [6.07, 6.45) is 0. The van der Waals surface area contributed by atoms with Crippen LogP contribution in [0.4, 0.5) is 0 Å². The highest BCUT2D eigenvalue weighted by Gasteiger charge is 2.21. The SMILES string of the molecule is [2H]c1c([2H])c(C(C([2H])([2H])[2H])(C([2H])([2H])[2H])C([2H])([2H])[2H])c([2H])c(C(C)(C([2H])([2H])[2H])C([2H])([2H])[2H])c1O. The van der Waals surface area contributed by atoms with E-state index >= 15 is 0 Å². The van der Waals surface area contributed by atoms with Crippen molar-refractivity contribution in [2.45, 2.75) is 52.0 Å². The summed E-state index contributed by atoms with van der Waals surface area (Å²) in [5.74, 6) is -1.49. The molecule has 0 aliphatic heterocycles. The molecule has 0 amide bonds. The van der Waals surface area contributed by atoms with Crippen molar-refractivity contribution in [1.29, 1.82) is 0 Å². The van der Waals surface area contributed by atoms with Crippen LogP contribution in [-0.2, 0) is 10.8 Å². The molecule has 1 N–H and O–H groups in total. The van der Waals surface area contributed by atoms with E-state index in [9.17, 15) is 5.11 Å². The summed E-state index contributed by atoms with van der Waals surface area (Å²) in [4.78, 5) is 0. The molecule has 0 radical (unpaired) electrons. The first-order chi connectivity index (χ1) is 14.1. The summed E-state index contributed by atoms with van der Waals surface area (Å²) in [7, 11) is 0. The van der Waals surface area contributed by atoms with E-state index in [1.165, 1.54) is 0 Å². The van der Waals surface area contributed by atoms with Crippen molar-refractivity contribution in [2.75, 3.05) is 0 Å². The summed E-state index contributed by atoms with van der Waals surface area (Å²) < 4.78 is 141. The molecule has 0 spiro atoms. The molecule has 0 bridgehead atoms. The van der Waals surface area contributed by atoms with Gasteiger partial charge in [-0.3, -0.25) is 0 Å². The average Bonchev–Trinajstić information content (AvgIpc) is 2.50. The number of hydrogen-bond donors (Lipinski definition) is 1. The number of aromatic hydroxyl groups is 1. The zero-order valence-corrected chi connectivity index (χ0v) is 7.95. The van der Waals surface area contributed by atoms with Crippen LogP contribution in [0.25, 0.3) is 0 Å². The second kappa shape index (κ2) is 3.55. The standard InChI is InChI=1S/C14H22O/c1-13(2,3)10-7-8-12(15)11(9-10)14(4,5)6/h7-9,15H,1-6H3/i1D3,2D3,3D3,4D3,5D3,7D,8D,9D. The Kier molecular flexibility index (Phi) is 0.549. The van der Waals surface area contributed by atoms with Gasteiger partial charge in [0.05, 0.1) is 4.11 Å². The largest absolute Gasteiger partial charge is 0.508 e. The fourth-order valence-electron chi connectivity index (χ4n) is 0.949. The number of benzene rings is 1. The van der Waals surface area contributed by atoms with Gasteiger partial charge in [-0.2, -0.15) is 0 Å². The second-order valence-corrected chi connectivity index (χ2v) is 3.35. The molecule has 0 fully saturated rings. The Bertz CT molecular complexity index is 859. The predicted octanol–water partition coefficient (Wildman–Crippen LogP) is 3.99. The summed E-state index contributed by atoms with van der Waals surface area (Å²) in [5, 5.41) is 10.5. The average molecular weight is 224 g/mol. The van der Waals surface area contributed by atoms with Crippen LogP contribution in [0.2, 0.25) is 0 Å². The van der Waals surface area contributed by atoms with Crippen LogP contribution < -0.4 is 0 Å². The van der Waals surface area contributed by atoms with Crippen molar-refractivity contribution in [3.63, 3.8) is 0 Å². The molecule has 0 aliphatic carbocycles. The topological polar surface area (TPSA) is 20.2 Å². The monoisotopic (exact) mass is 224 g/mol. The lowest BCUT2D eigenvalue weighted by Gasteiger charge is -2.25. The molecule has 0 aromatic heterocycles. The zero-order valence-electron chi connectivity index (χ0n) is 25.9. The lowest BCUT2D eigenvalue weighted by Crippen LogP contribution is -2.16. The zero-order chi connectivity index (χ0) is 27.0. The molecule has 0 saturated heterocycles. The molecule has 0 aliphatic rings. The van der Waals surface area contributed by atoms with Crippen LogP contribution in [0.5, 0.6) is 5.75 Å². The van der Waals surface area contributed by atoms with E-state index in [4.69, 9.17) is 24.7 Å². The Hall–Kier alpha value is -0.980. The highest BCUT2D eigenvalue weighted by Crippen LogP contribution is 2.34. The molecular weight excluding hydrogens is 184 g/mol. The van der Waals surface area contributed by atoms with Crippen molar-refractivity contribution in [3.05, 3.63) is 29.3 Å². The van der Waals surface area contributed by atoms with E-state index in [1.807, 2.05) is 0 Å². The fraction of sp³-hybridized carbons (Fsp3) is 0.571. The van der Waals surface area contributed by atoms with Crippen LogP contribution in [0.3, 0.4) is 0 Å². The Balaban J connectivity index is 4.66. The third-order valence-corrected chi connectivity index (χ3v) is 1.67. The van der Waals surface area contributed by atoms with Crippen molar-refractivity contribution >= 4 is 0 Å². The lowest BCUT2D eigenvalue weighted by molar-refractivity contribution is 0.444. The Morgan fingerprint density at radius 3 is 2.27 bits per heavy atom. The van der Waals surface area contributed by atoms with Crippen molar-refractivity contribution < 1.29 is 29.8 Å². The maximum atomic E-state index is 10.5. The van der Waals surface area contributed by atoms with Crippen molar-refractivity contribution in [3.8, 4) is 5.75 Å². The van der Waals surface area contributed by atoms with E-state index in [2.05, 4.69) is 0 Å². The summed E-state index contributed by atoms with van der Waals surface area (Å²) in [5.41, 5.74) is -10.1. The van der Waals surface area contributed by atoms with Gasteiger partial charge in [-0.1, -0.05) is 53.3 Å². The molecule has 1 aromatic rings. The van der Waals surface area contributed by atoms with Gasteiger partial charge in [-0.25, -0.2) is 0 Å². The van der Waals surface area contributed by atoms with Crippen LogP contribution in [0, 0.1) is 0 Å². The van der Waals surface area contributed by atoms with Gasteiger partial charge < -0.3 is 5.11 Å². The van der Waals surface area contributed by atoms with Gasteiger partial charge in [0.15, 0.2) is 0 Å². The van der Waals surface area contributed by atoms with Crippen LogP contribution in [0.15, 0.2) is 18.1 Å². The van der Waals surface area contributed by atoms with E-state index in [0.717, 1.165) is 0 Å². The highest BCUT2D eigenvalue weighted by molar-refractivity contribution is 5.42. The molecule has 0 unspecified atom stereocenters. The minimum atomic E-state index is -4.00. The van der Waals surface area contributed by atoms with Gasteiger partial charge in [-0.15, -0.1) is 0 Å².